The Hall–Kier alpha value is -4.43. The number of nitrogens with zero attached hydrogens (tertiary/aromatic N) is 2. The number of ether oxygens (including phenoxy) is 3. The van der Waals surface area contributed by atoms with Crippen LogP contribution in [0.1, 0.15) is 36.6 Å². The highest BCUT2D eigenvalue weighted by Crippen LogP contribution is 2.30. The number of esters is 1. The molecule has 1 aliphatic rings. The van der Waals surface area contributed by atoms with E-state index in [-0.39, 0.29) is 12.2 Å². The van der Waals surface area contributed by atoms with Crippen LogP contribution in [-0.2, 0) is 9.53 Å². The van der Waals surface area contributed by atoms with E-state index in [9.17, 15) is 9.59 Å². The van der Waals surface area contributed by atoms with E-state index < -0.39 is 12.0 Å². The van der Waals surface area contributed by atoms with E-state index in [1.54, 1.807) is 18.4 Å². The maximum Gasteiger partial charge on any atom is 0.338 e. The topological polar surface area (TPSA) is 79.1 Å². The van der Waals surface area contributed by atoms with Crippen molar-refractivity contribution < 1.29 is 19.0 Å². The number of aromatic nitrogens is 1. The molecule has 0 bridgehead atoms. The van der Waals surface area contributed by atoms with Crippen LogP contribution in [0.3, 0.4) is 0 Å². The van der Waals surface area contributed by atoms with Gasteiger partial charge in [-0.05, 0) is 62.2 Å². The summed E-state index contributed by atoms with van der Waals surface area (Å²) < 4.78 is 19.0. The van der Waals surface area contributed by atoms with E-state index in [1.807, 2.05) is 91.9 Å². The molecule has 204 valence electrons. The van der Waals surface area contributed by atoms with Gasteiger partial charge in [0.1, 0.15) is 24.7 Å². The molecule has 1 unspecified atom stereocenters. The molecule has 0 N–H and O–H groups in total. The van der Waals surface area contributed by atoms with Gasteiger partial charge in [-0.25, -0.2) is 9.79 Å². The van der Waals surface area contributed by atoms with Crippen LogP contribution >= 0.6 is 11.3 Å². The third-order valence-electron chi connectivity index (χ3n) is 6.45. The van der Waals surface area contributed by atoms with Crippen LogP contribution in [0.25, 0.3) is 6.08 Å². The van der Waals surface area contributed by atoms with Gasteiger partial charge in [-0.1, -0.05) is 71.5 Å². The van der Waals surface area contributed by atoms with Gasteiger partial charge in [0.05, 0.1) is 28.5 Å². The Bertz CT molecular complexity index is 1700. The SMILES string of the molecule is CCOC(=O)C1=C(C)N=c2s/c(=C\c3ccc(OCCOc4ccc(C)cc4)cc3)c(=O)n2C1c1ccccc1. The maximum absolute atomic E-state index is 13.7. The Morgan fingerprint density at radius 1 is 0.925 bits per heavy atom. The van der Waals surface area contributed by atoms with E-state index in [0.29, 0.717) is 39.6 Å². The number of hydrogen-bond donors (Lipinski definition) is 0. The Labute approximate surface area is 236 Å². The van der Waals surface area contributed by atoms with Crippen molar-refractivity contribution in [3.05, 3.63) is 127 Å². The van der Waals surface area contributed by atoms with Crippen LogP contribution in [0.15, 0.2) is 99.9 Å². The minimum atomic E-state index is -0.614. The van der Waals surface area contributed by atoms with Crippen molar-refractivity contribution in [3.8, 4) is 11.5 Å². The molecule has 8 heteroatoms. The summed E-state index contributed by atoms with van der Waals surface area (Å²) in [5.41, 5.74) is 3.57. The predicted octanol–water partition coefficient (Wildman–Crippen LogP) is 4.56. The molecular weight excluding hydrogens is 524 g/mol. The summed E-state index contributed by atoms with van der Waals surface area (Å²) in [6.45, 7) is 6.66. The number of rotatable bonds is 9. The molecule has 5 rings (SSSR count). The van der Waals surface area contributed by atoms with E-state index in [1.165, 1.54) is 16.9 Å². The fraction of sp³-hybridized carbons (Fsp3) is 0.219. The minimum Gasteiger partial charge on any atom is -0.490 e. The quantitative estimate of drug-likeness (QED) is 0.224. The van der Waals surface area contributed by atoms with Gasteiger partial charge in [-0.2, -0.15) is 0 Å². The number of hydrogen-bond acceptors (Lipinski definition) is 7. The number of thiazole rings is 1. The monoisotopic (exact) mass is 554 g/mol. The smallest absolute Gasteiger partial charge is 0.338 e. The summed E-state index contributed by atoms with van der Waals surface area (Å²) in [5, 5.41) is 0. The van der Waals surface area contributed by atoms with Gasteiger partial charge in [0.2, 0.25) is 0 Å². The zero-order valence-corrected chi connectivity index (χ0v) is 23.4. The molecule has 40 heavy (non-hydrogen) atoms. The van der Waals surface area contributed by atoms with E-state index >= 15 is 0 Å². The molecule has 1 aliphatic heterocycles. The molecular formula is C32H30N2O5S. The standard InChI is InChI=1S/C32H30N2O5S/c1-4-37-31(36)28-22(3)33-32-34(29(28)24-8-6-5-7-9-24)30(35)27(40-32)20-23-12-16-26(17-13-23)39-19-18-38-25-14-10-21(2)11-15-25/h5-17,20,29H,4,18-19H2,1-3H3/b27-20-. The maximum atomic E-state index is 13.7. The molecule has 1 aromatic heterocycles. The first-order chi connectivity index (χ1) is 19.4. The normalized spacial score (nSPS) is 14.9. The molecule has 0 saturated carbocycles. The zero-order chi connectivity index (χ0) is 28.1. The molecule has 3 aromatic carbocycles. The lowest BCUT2D eigenvalue weighted by atomic mass is 9.96. The lowest BCUT2D eigenvalue weighted by molar-refractivity contribution is -0.139. The first kappa shape index (κ1) is 27.1. The Morgan fingerprint density at radius 3 is 2.17 bits per heavy atom. The van der Waals surface area contributed by atoms with Gasteiger partial charge in [0, 0.05) is 0 Å². The van der Waals surface area contributed by atoms with E-state index in [2.05, 4.69) is 4.99 Å². The van der Waals surface area contributed by atoms with Crippen molar-refractivity contribution in [2.24, 2.45) is 4.99 Å². The number of fused-ring (bicyclic) bond motifs is 1. The molecule has 0 radical (unpaired) electrons. The van der Waals surface area contributed by atoms with E-state index in [0.717, 1.165) is 16.9 Å². The van der Waals surface area contributed by atoms with Crippen LogP contribution < -0.4 is 24.4 Å². The summed E-state index contributed by atoms with van der Waals surface area (Å²) in [5.74, 6) is 1.06. The summed E-state index contributed by atoms with van der Waals surface area (Å²) in [7, 11) is 0. The molecule has 2 heterocycles. The summed E-state index contributed by atoms with van der Waals surface area (Å²) >= 11 is 1.30. The first-order valence-corrected chi connectivity index (χ1v) is 13.9. The fourth-order valence-corrected chi connectivity index (χ4v) is 5.55. The molecule has 0 aliphatic carbocycles. The second-order valence-electron chi connectivity index (χ2n) is 9.29. The van der Waals surface area contributed by atoms with Crippen LogP contribution in [-0.4, -0.2) is 30.4 Å². The average molecular weight is 555 g/mol. The van der Waals surface area contributed by atoms with Gasteiger partial charge in [-0.15, -0.1) is 0 Å². The van der Waals surface area contributed by atoms with Gasteiger partial charge < -0.3 is 14.2 Å². The summed E-state index contributed by atoms with van der Waals surface area (Å²) in [6, 6.07) is 24.3. The van der Waals surface area contributed by atoms with Crippen molar-refractivity contribution >= 4 is 23.4 Å². The second-order valence-corrected chi connectivity index (χ2v) is 10.3. The highest BCUT2D eigenvalue weighted by atomic mass is 32.1. The number of carbonyl (C=O) groups excluding carboxylic acids is 1. The highest BCUT2D eigenvalue weighted by molar-refractivity contribution is 7.07. The van der Waals surface area contributed by atoms with Crippen LogP contribution in [0.5, 0.6) is 11.5 Å². The van der Waals surface area contributed by atoms with Gasteiger partial charge in [0.15, 0.2) is 4.80 Å². The molecule has 1 atom stereocenters. The molecule has 0 saturated heterocycles. The Kier molecular flexibility index (Phi) is 8.26. The molecule has 4 aromatic rings. The number of carbonyl (C=O) groups is 1. The lowest BCUT2D eigenvalue weighted by Gasteiger charge is -2.24. The van der Waals surface area contributed by atoms with Crippen molar-refractivity contribution in [2.75, 3.05) is 19.8 Å². The lowest BCUT2D eigenvalue weighted by Crippen LogP contribution is -2.39. The number of allylic oxidation sites excluding steroid dienone is 1. The average Bonchev–Trinajstić information content (AvgIpc) is 3.26. The molecule has 0 fully saturated rings. The number of aryl methyl sites for hydroxylation is 1. The van der Waals surface area contributed by atoms with Crippen molar-refractivity contribution in [1.29, 1.82) is 0 Å². The number of benzene rings is 3. The molecule has 7 nitrogen and oxygen atoms in total. The summed E-state index contributed by atoms with van der Waals surface area (Å²) in [4.78, 5) is 31.8. The van der Waals surface area contributed by atoms with Crippen molar-refractivity contribution in [1.82, 2.24) is 4.57 Å². The first-order valence-electron chi connectivity index (χ1n) is 13.1. The largest absolute Gasteiger partial charge is 0.490 e. The van der Waals surface area contributed by atoms with Crippen LogP contribution in [0, 0.1) is 6.92 Å². The second kappa shape index (κ2) is 12.2. The molecule has 0 amide bonds. The van der Waals surface area contributed by atoms with Crippen molar-refractivity contribution in [2.45, 2.75) is 26.8 Å². The zero-order valence-electron chi connectivity index (χ0n) is 22.6. The van der Waals surface area contributed by atoms with Gasteiger partial charge in [0.25, 0.3) is 5.56 Å². The van der Waals surface area contributed by atoms with Crippen LogP contribution in [0.4, 0.5) is 0 Å². The van der Waals surface area contributed by atoms with Gasteiger partial charge in [-0.3, -0.25) is 9.36 Å². The molecule has 0 spiro atoms. The third kappa shape index (κ3) is 5.92. The summed E-state index contributed by atoms with van der Waals surface area (Å²) in [6.07, 6.45) is 1.83. The highest BCUT2D eigenvalue weighted by Gasteiger charge is 2.33. The predicted molar refractivity (Wildman–Crippen MR) is 155 cm³/mol. The fourth-order valence-electron chi connectivity index (χ4n) is 4.51. The van der Waals surface area contributed by atoms with E-state index in [4.69, 9.17) is 14.2 Å². The van der Waals surface area contributed by atoms with Gasteiger partial charge >= 0.3 is 5.97 Å². The van der Waals surface area contributed by atoms with Crippen molar-refractivity contribution in [3.63, 3.8) is 0 Å². The minimum absolute atomic E-state index is 0.208. The Morgan fingerprint density at radius 2 is 1.55 bits per heavy atom. The van der Waals surface area contributed by atoms with Crippen LogP contribution in [0.2, 0.25) is 0 Å². The Balaban J connectivity index is 1.37. The third-order valence-corrected chi connectivity index (χ3v) is 7.43.